The number of nitrogens with zero attached hydrogens (tertiary/aromatic N) is 3. The Balaban J connectivity index is 1.43. The zero-order valence-corrected chi connectivity index (χ0v) is 22.0. The summed E-state index contributed by atoms with van der Waals surface area (Å²) >= 11 is 0. The lowest BCUT2D eigenvalue weighted by atomic mass is 9.76. The van der Waals surface area contributed by atoms with Gasteiger partial charge < -0.3 is 9.64 Å². The standard InChI is InChI=1S/C33H30N4O2/c1-24-21-34-37(22-24)28-18-19-31-30(20-28)36(2)32(38)29(23-39-31)35-33(25-12-6-3-7-13-25,26-14-8-4-9-15-26)27-16-10-5-11-17-27/h3-22,29,35H,23H2,1-2H3/t29-/m0/s1. The van der Waals surface area contributed by atoms with Crippen LogP contribution in [0.15, 0.2) is 122 Å². The summed E-state index contributed by atoms with van der Waals surface area (Å²) in [5, 5.41) is 8.22. The van der Waals surface area contributed by atoms with E-state index < -0.39 is 11.6 Å². The van der Waals surface area contributed by atoms with Crippen molar-refractivity contribution < 1.29 is 9.53 Å². The molecule has 2 heterocycles. The average Bonchev–Trinajstić information content (AvgIpc) is 3.40. The van der Waals surface area contributed by atoms with E-state index >= 15 is 0 Å². The van der Waals surface area contributed by atoms with Crippen LogP contribution in [0.4, 0.5) is 5.69 Å². The highest BCUT2D eigenvalue weighted by atomic mass is 16.5. The molecule has 39 heavy (non-hydrogen) atoms. The second kappa shape index (κ2) is 10.2. The van der Waals surface area contributed by atoms with Crippen LogP contribution in [-0.2, 0) is 10.3 Å². The molecule has 1 atom stereocenters. The molecule has 6 nitrogen and oxygen atoms in total. The number of aromatic nitrogens is 2. The van der Waals surface area contributed by atoms with Gasteiger partial charge in [0, 0.05) is 13.2 Å². The van der Waals surface area contributed by atoms with Gasteiger partial charge in [-0.2, -0.15) is 5.10 Å². The predicted molar refractivity (Wildman–Crippen MR) is 153 cm³/mol. The highest BCUT2D eigenvalue weighted by Gasteiger charge is 2.41. The summed E-state index contributed by atoms with van der Waals surface area (Å²) in [7, 11) is 1.80. The van der Waals surface area contributed by atoms with Crippen molar-refractivity contribution in [3.05, 3.63) is 144 Å². The first-order valence-electron chi connectivity index (χ1n) is 13.1. The summed E-state index contributed by atoms with van der Waals surface area (Å²) in [6.07, 6.45) is 3.77. The van der Waals surface area contributed by atoms with Gasteiger partial charge in [-0.15, -0.1) is 0 Å². The number of rotatable bonds is 6. The molecule has 0 saturated heterocycles. The zero-order chi connectivity index (χ0) is 26.8. The number of aryl methyl sites for hydroxylation is 1. The Hall–Kier alpha value is -4.68. The van der Waals surface area contributed by atoms with Crippen LogP contribution in [0, 0.1) is 6.92 Å². The van der Waals surface area contributed by atoms with Crippen LogP contribution in [0.1, 0.15) is 22.3 Å². The third-order valence-corrected chi connectivity index (χ3v) is 7.33. The minimum atomic E-state index is -0.789. The van der Waals surface area contributed by atoms with Crippen molar-refractivity contribution in [1.29, 1.82) is 0 Å². The van der Waals surface area contributed by atoms with Crippen LogP contribution >= 0.6 is 0 Å². The monoisotopic (exact) mass is 514 g/mol. The van der Waals surface area contributed by atoms with E-state index in [1.165, 1.54) is 0 Å². The van der Waals surface area contributed by atoms with Gasteiger partial charge in [0.05, 0.1) is 23.1 Å². The lowest BCUT2D eigenvalue weighted by molar-refractivity contribution is -0.121. The molecule has 4 aromatic carbocycles. The van der Waals surface area contributed by atoms with E-state index in [1.54, 1.807) is 16.6 Å². The van der Waals surface area contributed by atoms with Gasteiger partial charge in [0.25, 0.3) is 0 Å². The molecule has 6 heteroatoms. The fraction of sp³-hybridized carbons (Fsp3) is 0.152. The first-order chi connectivity index (χ1) is 19.1. The van der Waals surface area contributed by atoms with Gasteiger partial charge >= 0.3 is 0 Å². The van der Waals surface area contributed by atoms with Gasteiger partial charge in [-0.3, -0.25) is 10.1 Å². The molecule has 194 valence electrons. The molecule has 0 spiro atoms. The van der Waals surface area contributed by atoms with E-state index in [0.717, 1.165) is 27.9 Å². The van der Waals surface area contributed by atoms with Gasteiger partial charge in [-0.1, -0.05) is 91.0 Å². The van der Waals surface area contributed by atoms with E-state index in [1.807, 2.05) is 92.1 Å². The molecule has 5 aromatic rings. The zero-order valence-electron chi connectivity index (χ0n) is 22.0. The molecule has 1 aliphatic rings. The summed E-state index contributed by atoms with van der Waals surface area (Å²) in [4.78, 5) is 15.8. The number of hydrogen-bond donors (Lipinski definition) is 1. The van der Waals surface area contributed by atoms with Crippen LogP contribution in [0.3, 0.4) is 0 Å². The maximum atomic E-state index is 14.1. The van der Waals surface area contributed by atoms with Crippen LogP contribution < -0.4 is 15.0 Å². The Bertz CT molecular complexity index is 1490. The Labute approximate surface area is 228 Å². The molecule has 0 fully saturated rings. The summed E-state index contributed by atoms with van der Waals surface area (Å²) in [6.45, 7) is 2.19. The van der Waals surface area contributed by atoms with Crippen molar-refractivity contribution in [1.82, 2.24) is 15.1 Å². The summed E-state index contributed by atoms with van der Waals surface area (Å²) in [5.74, 6) is 0.585. The number of likely N-dealkylation sites (N-methyl/N-ethyl adjacent to an activating group) is 1. The van der Waals surface area contributed by atoms with E-state index in [0.29, 0.717) is 11.4 Å². The molecular weight excluding hydrogens is 484 g/mol. The first-order valence-corrected chi connectivity index (χ1v) is 13.1. The first kappa shape index (κ1) is 24.6. The Kier molecular flexibility index (Phi) is 6.47. The molecule has 1 aromatic heterocycles. The van der Waals surface area contributed by atoms with Crippen LogP contribution in [0.2, 0.25) is 0 Å². The fourth-order valence-electron chi connectivity index (χ4n) is 5.36. The Morgan fingerprint density at radius 1 is 0.846 bits per heavy atom. The fourth-order valence-corrected chi connectivity index (χ4v) is 5.36. The average molecular weight is 515 g/mol. The highest BCUT2D eigenvalue weighted by molar-refractivity contribution is 5.99. The predicted octanol–water partition coefficient (Wildman–Crippen LogP) is 5.49. The smallest absolute Gasteiger partial charge is 0.247 e. The normalized spacial score (nSPS) is 15.4. The van der Waals surface area contributed by atoms with E-state index in [9.17, 15) is 4.79 Å². The number of benzene rings is 4. The summed E-state index contributed by atoms with van der Waals surface area (Å²) < 4.78 is 8.10. The molecule has 1 aliphatic heterocycles. The minimum Gasteiger partial charge on any atom is -0.489 e. The lowest BCUT2D eigenvalue weighted by Gasteiger charge is -2.39. The molecule has 0 saturated carbocycles. The van der Waals surface area contributed by atoms with Crippen molar-refractivity contribution in [3.63, 3.8) is 0 Å². The summed E-state index contributed by atoms with van der Waals surface area (Å²) in [5.41, 5.74) is 4.96. The maximum absolute atomic E-state index is 14.1. The molecule has 0 unspecified atom stereocenters. The van der Waals surface area contributed by atoms with E-state index in [-0.39, 0.29) is 12.5 Å². The Morgan fingerprint density at radius 3 is 1.92 bits per heavy atom. The number of amides is 1. The third kappa shape index (κ3) is 4.49. The minimum absolute atomic E-state index is 0.0743. The lowest BCUT2D eigenvalue weighted by Crippen LogP contribution is -2.56. The Morgan fingerprint density at radius 2 is 1.41 bits per heavy atom. The quantitative estimate of drug-likeness (QED) is 0.305. The van der Waals surface area contributed by atoms with Crippen LogP contribution in [0.5, 0.6) is 5.75 Å². The van der Waals surface area contributed by atoms with Crippen LogP contribution in [-0.4, -0.2) is 35.4 Å². The van der Waals surface area contributed by atoms with E-state index in [4.69, 9.17) is 4.74 Å². The number of hydrogen-bond acceptors (Lipinski definition) is 4. The molecule has 6 rings (SSSR count). The largest absolute Gasteiger partial charge is 0.489 e. The van der Waals surface area contributed by atoms with Gasteiger partial charge in [0.2, 0.25) is 5.91 Å². The molecule has 0 radical (unpaired) electrons. The van der Waals surface area contributed by atoms with Crippen molar-refractivity contribution in [3.8, 4) is 11.4 Å². The number of fused-ring (bicyclic) bond motifs is 1. The van der Waals surface area contributed by atoms with Gasteiger partial charge in [0.1, 0.15) is 18.4 Å². The summed E-state index contributed by atoms with van der Waals surface area (Å²) in [6, 6.07) is 36.0. The van der Waals surface area contributed by atoms with Gasteiger partial charge in [-0.25, -0.2) is 4.68 Å². The maximum Gasteiger partial charge on any atom is 0.247 e. The van der Waals surface area contributed by atoms with Crippen molar-refractivity contribution in [2.75, 3.05) is 18.6 Å². The third-order valence-electron chi connectivity index (χ3n) is 7.33. The second-order valence-corrected chi connectivity index (χ2v) is 9.87. The van der Waals surface area contributed by atoms with Crippen molar-refractivity contribution in [2.45, 2.75) is 18.5 Å². The molecule has 0 aliphatic carbocycles. The number of anilines is 1. The number of ether oxygens (including phenoxy) is 1. The number of carbonyl (C=O) groups is 1. The van der Waals surface area contributed by atoms with Crippen molar-refractivity contribution in [2.24, 2.45) is 0 Å². The highest BCUT2D eigenvalue weighted by Crippen LogP contribution is 2.39. The molecule has 1 amide bonds. The molecule has 1 N–H and O–H groups in total. The van der Waals surface area contributed by atoms with Gasteiger partial charge in [0.15, 0.2) is 0 Å². The van der Waals surface area contributed by atoms with Gasteiger partial charge in [-0.05, 0) is 47.4 Å². The van der Waals surface area contributed by atoms with Crippen LogP contribution in [0.25, 0.3) is 5.69 Å². The topological polar surface area (TPSA) is 59.4 Å². The number of carbonyl (C=O) groups excluding carboxylic acids is 1. The SMILES string of the molecule is Cc1cnn(-c2ccc3c(c2)N(C)C(=O)[C@@H](NC(c2ccccc2)(c2ccccc2)c2ccccc2)CO3)c1. The molecular formula is C33H30N4O2. The second-order valence-electron chi connectivity index (χ2n) is 9.87. The number of nitrogens with one attached hydrogen (secondary N) is 1. The van der Waals surface area contributed by atoms with Crippen molar-refractivity contribution >= 4 is 11.6 Å². The van der Waals surface area contributed by atoms with E-state index in [2.05, 4.69) is 46.8 Å². The molecule has 0 bridgehead atoms.